The van der Waals surface area contributed by atoms with Crippen LogP contribution in [-0.2, 0) is 0 Å². The minimum absolute atomic E-state index is 0.345. The molecule has 2 aromatic heterocycles. The first-order valence-corrected chi connectivity index (χ1v) is 5.52. The number of hydrogen-bond acceptors (Lipinski definition) is 3. The maximum absolute atomic E-state index is 6.10. The molecule has 0 saturated heterocycles. The van der Waals surface area contributed by atoms with Crippen molar-refractivity contribution in [1.82, 2.24) is 20.0 Å². The smallest absolute Gasteiger partial charge is 0.177 e. The molecule has 0 radical (unpaired) electrons. The van der Waals surface area contributed by atoms with Gasteiger partial charge in [-0.1, -0.05) is 25.4 Å². The molecule has 0 amide bonds. The van der Waals surface area contributed by atoms with E-state index in [0.717, 1.165) is 11.4 Å². The predicted molar refractivity (Wildman–Crippen MR) is 63.0 cm³/mol. The SMILES string of the molecule is Cc1ccc(-n2nc(C(C)C)cc2Cl)nn1. The molecule has 4 nitrogen and oxygen atoms in total. The fraction of sp³-hybridized carbons (Fsp3) is 0.364. The largest absolute Gasteiger partial charge is 0.202 e. The number of hydrogen-bond donors (Lipinski definition) is 0. The summed E-state index contributed by atoms with van der Waals surface area (Å²) in [5.74, 6) is 0.986. The number of halogens is 1. The van der Waals surface area contributed by atoms with Gasteiger partial charge in [0.15, 0.2) is 5.82 Å². The van der Waals surface area contributed by atoms with Gasteiger partial charge in [-0.15, -0.1) is 5.10 Å². The molecule has 0 atom stereocenters. The molecule has 0 saturated carbocycles. The van der Waals surface area contributed by atoms with Crippen molar-refractivity contribution < 1.29 is 0 Å². The van der Waals surface area contributed by atoms with Gasteiger partial charge in [0.25, 0.3) is 0 Å². The molecule has 0 spiro atoms. The van der Waals surface area contributed by atoms with E-state index in [2.05, 4.69) is 29.1 Å². The van der Waals surface area contributed by atoms with E-state index >= 15 is 0 Å². The number of aryl methyl sites for hydroxylation is 1. The van der Waals surface area contributed by atoms with Crippen molar-refractivity contribution in [3.05, 3.63) is 34.7 Å². The molecule has 16 heavy (non-hydrogen) atoms. The van der Waals surface area contributed by atoms with Gasteiger partial charge in [-0.05, 0) is 31.0 Å². The fourth-order valence-electron chi connectivity index (χ4n) is 1.32. The van der Waals surface area contributed by atoms with Gasteiger partial charge >= 0.3 is 0 Å². The molecular formula is C11H13ClN4. The zero-order valence-corrected chi connectivity index (χ0v) is 10.2. The molecule has 5 heteroatoms. The standard InChI is InChI=1S/C11H13ClN4/c1-7(2)9-6-10(12)16(15-9)11-5-4-8(3)13-14-11/h4-7H,1-3H3. The summed E-state index contributed by atoms with van der Waals surface area (Å²) >= 11 is 6.10. The second-order valence-corrected chi connectivity index (χ2v) is 4.38. The van der Waals surface area contributed by atoms with E-state index in [1.165, 1.54) is 0 Å². The Balaban J connectivity index is 2.44. The van der Waals surface area contributed by atoms with Crippen LogP contribution in [0.1, 0.15) is 31.2 Å². The average molecular weight is 237 g/mol. The van der Waals surface area contributed by atoms with E-state index in [1.54, 1.807) is 4.68 Å². The van der Waals surface area contributed by atoms with Gasteiger partial charge in [-0.25, -0.2) is 4.68 Å². The molecule has 0 N–H and O–H groups in total. The maximum Gasteiger partial charge on any atom is 0.177 e. The van der Waals surface area contributed by atoms with Gasteiger partial charge in [0, 0.05) is 0 Å². The summed E-state index contributed by atoms with van der Waals surface area (Å²) < 4.78 is 1.60. The molecule has 0 aliphatic heterocycles. The monoisotopic (exact) mass is 236 g/mol. The second-order valence-electron chi connectivity index (χ2n) is 3.99. The van der Waals surface area contributed by atoms with Crippen molar-refractivity contribution in [1.29, 1.82) is 0 Å². The van der Waals surface area contributed by atoms with Crippen LogP contribution in [-0.4, -0.2) is 20.0 Å². The summed E-state index contributed by atoms with van der Waals surface area (Å²) in [5.41, 5.74) is 1.82. The van der Waals surface area contributed by atoms with Gasteiger partial charge in [0.05, 0.1) is 11.4 Å². The molecule has 0 unspecified atom stereocenters. The Morgan fingerprint density at radius 2 is 2.00 bits per heavy atom. The van der Waals surface area contributed by atoms with Crippen molar-refractivity contribution in [2.24, 2.45) is 0 Å². The lowest BCUT2D eigenvalue weighted by Gasteiger charge is -2.01. The topological polar surface area (TPSA) is 43.6 Å². The second kappa shape index (κ2) is 4.22. The quantitative estimate of drug-likeness (QED) is 0.805. The summed E-state index contributed by atoms with van der Waals surface area (Å²) in [6, 6.07) is 5.59. The van der Waals surface area contributed by atoms with Crippen molar-refractivity contribution in [2.45, 2.75) is 26.7 Å². The van der Waals surface area contributed by atoms with Crippen molar-refractivity contribution in [2.75, 3.05) is 0 Å². The minimum atomic E-state index is 0.345. The van der Waals surface area contributed by atoms with Gasteiger partial charge < -0.3 is 0 Å². The van der Waals surface area contributed by atoms with Crippen LogP contribution in [0.25, 0.3) is 5.82 Å². The maximum atomic E-state index is 6.10. The van der Waals surface area contributed by atoms with Gasteiger partial charge in [0.1, 0.15) is 5.15 Å². The zero-order chi connectivity index (χ0) is 11.7. The first-order chi connectivity index (χ1) is 7.58. The van der Waals surface area contributed by atoms with Crippen molar-refractivity contribution in [3.8, 4) is 5.82 Å². The lowest BCUT2D eigenvalue weighted by Crippen LogP contribution is -2.02. The molecule has 2 heterocycles. The summed E-state index contributed by atoms with van der Waals surface area (Å²) in [6.07, 6.45) is 0. The Bertz CT molecular complexity index is 487. The van der Waals surface area contributed by atoms with Gasteiger partial charge in [0.2, 0.25) is 0 Å². The highest BCUT2D eigenvalue weighted by atomic mass is 35.5. The van der Waals surface area contributed by atoms with Crippen LogP contribution >= 0.6 is 11.6 Å². The van der Waals surface area contributed by atoms with E-state index < -0.39 is 0 Å². The summed E-state index contributed by atoms with van der Waals surface area (Å²) in [4.78, 5) is 0. The third kappa shape index (κ3) is 2.07. The van der Waals surface area contributed by atoms with E-state index in [9.17, 15) is 0 Å². The number of aromatic nitrogens is 4. The van der Waals surface area contributed by atoms with Crippen LogP contribution in [0.5, 0.6) is 0 Å². The van der Waals surface area contributed by atoms with E-state index in [4.69, 9.17) is 11.6 Å². The van der Waals surface area contributed by atoms with Crippen molar-refractivity contribution in [3.63, 3.8) is 0 Å². The first kappa shape index (κ1) is 11.1. The Morgan fingerprint density at radius 3 is 2.50 bits per heavy atom. The summed E-state index contributed by atoms with van der Waals surface area (Å²) in [6.45, 7) is 6.04. The van der Waals surface area contributed by atoms with Crippen LogP contribution in [0.3, 0.4) is 0 Å². The fourth-order valence-corrected chi connectivity index (χ4v) is 1.56. The molecular weight excluding hydrogens is 224 g/mol. The third-order valence-electron chi connectivity index (χ3n) is 2.28. The number of nitrogens with zero attached hydrogens (tertiary/aromatic N) is 4. The highest BCUT2D eigenvalue weighted by molar-refractivity contribution is 6.29. The lowest BCUT2D eigenvalue weighted by atomic mass is 10.1. The third-order valence-corrected chi connectivity index (χ3v) is 2.55. The minimum Gasteiger partial charge on any atom is -0.202 e. The lowest BCUT2D eigenvalue weighted by molar-refractivity contribution is 0.745. The number of rotatable bonds is 2. The molecule has 0 aliphatic rings. The highest BCUT2D eigenvalue weighted by Crippen LogP contribution is 2.20. The average Bonchev–Trinajstić information content (AvgIpc) is 2.62. The Morgan fingerprint density at radius 1 is 1.25 bits per heavy atom. The van der Waals surface area contributed by atoms with Crippen LogP contribution in [0.15, 0.2) is 18.2 Å². The normalized spacial score (nSPS) is 11.1. The van der Waals surface area contributed by atoms with Crippen LogP contribution in [0, 0.1) is 6.92 Å². The van der Waals surface area contributed by atoms with Crippen LogP contribution < -0.4 is 0 Å². The Labute approximate surface area is 99.3 Å². The molecule has 0 fully saturated rings. The van der Waals surface area contributed by atoms with Crippen molar-refractivity contribution >= 4 is 11.6 Å². The molecule has 0 bridgehead atoms. The Hall–Kier alpha value is -1.42. The molecule has 2 aromatic rings. The molecule has 0 aromatic carbocycles. The molecule has 84 valence electrons. The van der Waals surface area contributed by atoms with Crippen LogP contribution in [0.4, 0.5) is 0 Å². The molecule has 0 aliphatic carbocycles. The van der Waals surface area contributed by atoms with E-state index in [1.807, 2.05) is 25.1 Å². The van der Waals surface area contributed by atoms with Gasteiger partial charge in [-0.2, -0.15) is 10.2 Å². The van der Waals surface area contributed by atoms with Crippen LogP contribution in [0.2, 0.25) is 5.15 Å². The van der Waals surface area contributed by atoms with Gasteiger partial charge in [-0.3, -0.25) is 0 Å². The molecule has 2 rings (SSSR count). The van der Waals surface area contributed by atoms with E-state index in [-0.39, 0.29) is 0 Å². The zero-order valence-electron chi connectivity index (χ0n) is 9.48. The predicted octanol–water partition coefficient (Wildman–Crippen LogP) is 2.75. The Kier molecular flexibility index (Phi) is 2.92. The van der Waals surface area contributed by atoms with E-state index in [0.29, 0.717) is 16.9 Å². The summed E-state index contributed by atoms with van der Waals surface area (Å²) in [5, 5.41) is 13.0. The first-order valence-electron chi connectivity index (χ1n) is 5.14. The highest BCUT2D eigenvalue weighted by Gasteiger charge is 2.11. The summed E-state index contributed by atoms with van der Waals surface area (Å²) in [7, 11) is 0.